The van der Waals surface area contributed by atoms with Crippen molar-refractivity contribution in [3.8, 4) is 0 Å². The molecule has 0 atom stereocenters. The van der Waals surface area contributed by atoms with Gasteiger partial charge in [-0.2, -0.15) is 0 Å². The van der Waals surface area contributed by atoms with Crippen LogP contribution in [0, 0.1) is 0 Å². The first-order valence-corrected chi connectivity index (χ1v) is 11.4. The molecule has 0 radical (unpaired) electrons. The fourth-order valence-corrected chi connectivity index (χ4v) is 4.89. The lowest BCUT2D eigenvalue weighted by molar-refractivity contribution is 0.0208. The largest absolute Gasteiger partial charge is 0.450 e. The maximum atomic E-state index is 11.8. The van der Waals surface area contributed by atoms with Crippen LogP contribution in [0.3, 0.4) is 0 Å². The topological polar surface area (TPSA) is 86.4 Å². The minimum absolute atomic E-state index is 0.159. The second-order valence-corrected chi connectivity index (χ2v) is 8.88. The Bertz CT molecular complexity index is 547. The molecule has 0 unspecified atom stereocenters. The van der Waals surface area contributed by atoms with Gasteiger partial charge in [-0.1, -0.05) is 6.42 Å². The summed E-state index contributed by atoms with van der Waals surface area (Å²) in [6.45, 7) is 9.09. The number of aliphatic imine (C=N–C) groups is 1. The number of amides is 1. The number of ether oxygens (including phenoxy) is 1. The van der Waals surface area contributed by atoms with Gasteiger partial charge in [-0.15, -0.1) is 0 Å². The maximum absolute atomic E-state index is 11.8. The van der Waals surface area contributed by atoms with Crippen LogP contribution in [-0.4, -0.2) is 97.8 Å². The highest BCUT2D eigenvalue weighted by Gasteiger charge is 2.39. The van der Waals surface area contributed by atoms with Gasteiger partial charge in [0.05, 0.1) is 13.2 Å². The summed E-state index contributed by atoms with van der Waals surface area (Å²) in [4.78, 5) is 23.5. The Labute approximate surface area is 175 Å². The SMILES string of the molecule is CCOC(=O)N1CCC(NC(N)=NCC2(N3CCCCC3)CCN(C)CC2)CC1. The lowest BCUT2D eigenvalue weighted by atomic mass is 9.84. The minimum Gasteiger partial charge on any atom is -0.450 e. The van der Waals surface area contributed by atoms with Crippen molar-refractivity contribution in [2.45, 2.75) is 63.5 Å². The number of hydrogen-bond acceptors (Lipinski definition) is 5. The molecule has 3 aliphatic rings. The predicted molar refractivity (Wildman–Crippen MR) is 116 cm³/mol. The zero-order valence-corrected chi connectivity index (χ0v) is 18.4. The fourth-order valence-electron chi connectivity index (χ4n) is 4.89. The molecule has 3 fully saturated rings. The minimum atomic E-state index is -0.210. The number of rotatable bonds is 5. The van der Waals surface area contributed by atoms with Crippen molar-refractivity contribution in [2.75, 3.05) is 59.5 Å². The molecule has 3 aliphatic heterocycles. The summed E-state index contributed by atoms with van der Waals surface area (Å²) in [7, 11) is 2.21. The third-order valence-electron chi connectivity index (χ3n) is 6.86. The highest BCUT2D eigenvalue weighted by Crippen LogP contribution is 2.31. The van der Waals surface area contributed by atoms with E-state index < -0.39 is 0 Å². The maximum Gasteiger partial charge on any atom is 0.409 e. The Balaban J connectivity index is 1.52. The van der Waals surface area contributed by atoms with E-state index >= 15 is 0 Å². The van der Waals surface area contributed by atoms with Crippen LogP contribution in [0.2, 0.25) is 0 Å². The molecule has 3 heterocycles. The number of piperidine rings is 3. The van der Waals surface area contributed by atoms with Gasteiger partial charge >= 0.3 is 6.09 Å². The average Bonchev–Trinajstić information content (AvgIpc) is 2.75. The molecule has 29 heavy (non-hydrogen) atoms. The lowest BCUT2D eigenvalue weighted by Crippen LogP contribution is -2.58. The van der Waals surface area contributed by atoms with Crippen LogP contribution in [-0.2, 0) is 4.74 Å². The van der Waals surface area contributed by atoms with E-state index in [0.29, 0.717) is 25.7 Å². The molecule has 0 bridgehead atoms. The van der Waals surface area contributed by atoms with Crippen LogP contribution >= 0.6 is 0 Å². The molecule has 3 saturated heterocycles. The van der Waals surface area contributed by atoms with E-state index in [1.807, 2.05) is 6.92 Å². The average molecular weight is 409 g/mol. The number of likely N-dealkylation sites (tertiary alicyclic amines) is 3. The number of nitrogens with one attached hydrogen (secondary N) is 1. The molecule has 1 amide bonds. The second-order valence-electron chi connectivity index (χ2n) is 8.88. The Morgan fingerprint density at radius 3 is 2.38 bits per heavy atom. The first-order valence-electron chi connectivity index (χ1n) is 11.4. The van der Waals surface area contributed by atoms with E-state index in [9.17, 15) is 4.79 Å². The van der Waals surface area contributed by atoms with Crippen LogP contribution in [0.4, 0.5) is 4.79 Å². The highest BCUT2D eigenvalue weighted by molar-refractivity contribution is 5.78. The number of nitrogens with zero attached hydrogens (tertiary/aromatic N) is 4. The van der Waals surface area contributed by atoms with Crippen molar-refractivity contribution >= 4 is 12.1 Å². The first-order chi connectivity index (χ1) is 14.0. The van der Waals surface area contributed by atoms with Gasteiger partial charge in [0.15, 0.2) is 5.96 Å². The van der Waals surface area contributed by atoms with Crippen LogP contribution in [0.25, 0.3) is 0 Å². The third-order valence-corrected chi connectivity index (χ3v) is 6.86. The van der Waals surface area contributed by atoms with Crippen LogP contribution in [0.15, 0.2) is 4.99 Å². The van der Waals surface area contributed by atoms with E-state index in [0.717, 1.165) is 45.3 Å². The Morgan fingerprint density at radius 1 is 1.10 bits per heavy atom. The quantitative estimate of drug-likeness (QED) is 0.529. The smallest absolute Gasteiger partial charge is 0.409 e. The third kappa shape index (κ3) is 5.98. The van der Waals surface area contributed by atoms with E-state index in [4.69, 9.17) is 15.5 Å². The monoisotopic (exact) mass is 408 g/mol. The van der Waals surface area contributed by atoms with Gasteiger partial charge in [0.25, 0.3) is 0 Å². The van der Waals surface area contributed by atoms with Gasteiger partial charge in [0.1, 0.15) is 0 Å². The number of nitrogens with two attached hydrogens (primary N) is 1. The molecule has 0 spiro atoms. The van der Waals surface area contributed by atoms with Crippen molar-refractivity contribution in [1.29, 1.82) is 0 Å². The summed E-state index contributed by atoms with van der Waals surface area (Å²) in [6, 6.07) is 0.271. The zero-order valence-electron chi connectivity index (χ0n) is 18.4. The number of hydrogen-bond donors (Lipinski definition) is 2. The van der Waals surface area contributed by atoms with Crippen LogP contribution in [0.1, 0.15) is 51.9 Å². The van der Waals surface area contributed by atoms with Gasteiger partial charge in [-0.05, 0) is 78.7 Å². The summed E-state index contributed by atoms with van der Waals surface area (Å²) in [5.41, 5.74) is 6.44. The van der Waals surface area contributed by atoms with Gasteiger partial charge in [0.2, 0.25) is 0 Å². The molecule has 0 saturated carbocycles. The molecule has 8 nitrogen and oxygen atoms in total. The molecule has 3 rings (SSSR count). The molecular weight excluding hydrogens is 368 g/mol. The molecule has 0 aromatic rings. The Hall–Kier alpha value is -1.54. The zero-order chi connectivity index (χ0) is 20.7. The van der Waals surface area contributed by atoms with Crippen molar-refractivity contribution in [2.24, 2.45) is 10.7 Å². The van der Waals surface area contributed by atoms with Gasteiger partial charge in [-0.25, -0.2) is 4.79 Å². The van der Waals surface area contributed by atoms with Crippen molar-refractivity contribution in [1.82, 2.24) is 20.0 Å². The molecule has 0 aliphatic carbocycles. The normalized spacial score (nSPS) is 25.0. The summed E-state index contributed by atoms with van der Waals surface area (Å²) < 4.78 is 5.09. The fraction of sp³-hybridized carbons (Fsp3) is 0.905. The van der Waals surface area contributed by atoms with E-state index in [1.165, 1.54) is 32.4 Å². The van der Waals surface area contributed by atoms with Gasteiger partial charge < -0.3 is 25.6 Å². The van der Waals surface area contributed by atoms with E-state index in [1.54, 1.807) is 4.90 Å². The number of carbonyl (C=O) groups excluding carboxylic acids is 1. The van der Waals surface area contributed by atoms with Crippen LogP contribution < -0.4 is 11.1 Å². The van der Waals surface area contributed by atoms with E-state index in [2.05, 4.69) is 22.2 Å². The highest BCUT2D eigenvalue weighted by atomic mass is 16.6. The summed E-state index contributed by atoms with van der Waals surface area (Å²) in [5, 5.41) is 3.40. The number of guanidine groups is 1. The number of carbonyl (C=O) groups is 1. The standard InChI is InChI=1S/C21H40N6O2/c1-3-29-20(28)26-13-7-18(8-14-26)24-19(22)23-17-21(9-15-25(2)16-10-21)27-11-5-4-6-12-27/h18H,3-17H2,1-2H3,(H3,22,23,24). The summed E-state index contributed by atoms with van der Waals surface area (Å²) >= 11 is 0. The van der Waals surface area contributed by atoms with Crippen LogP contribution in [0.5, 0.6) is 0 Å². The van der Waals surface area contributed by atoms with Crippen molar-refractivity contribution in [3.63, 3.8) is 0 Å². The molecular formula is C21H40N6O2. The first kappa shape index (κ1) is 22.2. The molecule has 0 aromatic carbocycles. The Kier molecular flexibility index (Phi) is 8.00. The van der Waals surface area contributed by atoms with Gasteiger partial charge in [0, 0.05) is 24.7 Å². The summed E-state index contributed by atoms with van der Waals surface area (Å²) in [6.07, 6.45) is 7.81. The Morgan fingerprint density at radius 2 is 1.76 bits per heavy atom. The molecule has 166 valence electrons. The molecule has 3 N–H and O–H groups in total. The molecule has 8 heteroatoms. The second kappa shape index (κ2) is 10.5. The lowest BCUT2D eigenvalue weighted by Gasteiger charge is -2.49. The predicted octanol–water partition coefficient (Wildman–Crippen LogP) is 1.46. The van der Waals surface area contributed by atoms with Crippen molar-refractivity contribution < 1.29 is 9.53 Å². The summed E-state index contributed by atoms with van der Waals surface area (Å²) in [5.74, 6) is 0.551. The van der Waals surface area contributed by atoms with Gasteiger partial charge in [-0.3, -0.25) is 9.89 Å². The van der Waals surface area contributed by atoms with E-state index in [-0.39, 0.29) is 17.7 Å². The molecule has 0 aromatic heterocycles. The van der Waals surface area contributed by atoms with Crippen molar-refractivity contribution in [3.05, 3.63) is 0 Å².